The molecule has 3 aliphatic rings. The third-order valence-electron chi connectivity index (χ3n) is 9.82. The van der Waals surface area contributed by atoms with Gasteiger partial charge in [0, 0.05) is 86.8 Å². The second kappa shape index (κ2) is 14.0. The average Bonchev–Trinajstić information content (AvgIpc) is 3.73. The first kappa shape index (κ1) is 34.1. The highest BCUT2D eigenvalue weighted by Crippen LogP contribution is 2.36. The van der Waals surface area contributed by atoms with Gasteiger partial charge in [-0.3, -0.25) is 24.9 Å². The summed E-state index contributed by atoms with van der Waals surface area (Å²) in [5.41, 5.74) is 9.80. The molecule has 0 spiro atoms. The molecule has 3 aromatic heterocycles. The summed E-state index contributed by atoms with van der Waals surface area (Å²) in [7, 11) is 1.74. The van der Waals surface area contributed by atoms with Crippen molar-refractivity contribution in [2.45, 2.75) is 111 Å². The van der Waals surface area contributed by atoms with Gasteiger partial charge in [0.1, 0.15) is 13.5 Å². The number of aromatic nitrogens is 6. The molecule has 0 aromatic carbocycles. The number of rotatable bonds is 12. The first-order chi connectivity index (χ1) is 22.4. The number of alkyl halides is 3. The van der Waals surface area contributed by atoms with E-state index in [0.29, 0.717) is 32.0 Å². The van der Waals surface area contributed by atoms with Crippen LogP contribution in [0.4, 0.5) is 13.2 Å². The van der Waals surface area contributed by atoms with Gasteiger partial charge < -0.3 is 9.47 Å². The van der Waals surface area contributed by atoms with Crippen LogP contribution < -0.4 is 0 Å². The predicted molar refractivity (Wildman–Crippen MR) is 170 cm³/mol. The maximum atomic E-state index is 13.1. The molecule has 3 aliphatic heterocycles. The van der Waals surface area contributed by atoms with Gasteiger partial charge >= 0.3 is 6.18 Å². The Morgan fingerprint density at radius 3 is 2.21 bits per heavy atom. The fraction of sp³-hybridized carbons (Fsp3) is 0.727. The number of methoxy groups -OCH3 is 1. The molecule has 2 unspecified atom stereocenters. The predicted octanol–water partition coefficient (Wildman–Crippen LogP) is 5.22. The number of hydrogen-bond acceptors (Lipinski definition) is 8. The Bertz CT molecular complexity index is 1510. The number of fused-ring (bicyclic) bond motifs is 3. The van der Waals surface area contributed by atoms with Crippen molar-refractivity contribution in [3.05, 3.63) is 50.9 Å². The van der Waals surface area contributed by atoms with Gasteiger partial charge in [0.2, 0.25) is 0 Å². The van der Waals surface area contributed by atoms with E-state index >= 15 is 0 Å². The van der Waals surface area contributed by atoms with Crippen LogP contribution in [0.15, 0.2) is 0 Å². The van der Waals surface area contributed by atoms with E-state index in [1.54, 1.807) is 7.11 Å². The molecule has 3 aromatic rings. The van der Waals surface area contributed by atoms with E-state index in [1.807, 2.05) is 0 Å². The van der Waals surface area contributed by atoms with Crippen LogP contribution in [0.5, 0.6) is 0 Å². The van der Waals surface area contributed by atoms with Crippen molar-refractivity contribution in [1.82, 2.24) is 44.9 Å². The van der Waals surface area contributed by atoms with Gasteiger partial charge in [-0.1, -0.05) is 34.6 Å². The number of H-pyrrole nitrogens is 2. The van der Waals surface area contributed by atoms with Crippen LogP contribution in [0.25, 0.3) is 0 Å². The zero-order valence-electron chi connectivity index (χ0n) is 28.6. The summed E-state index contributed by atoms with van der Waals surface area (Å²) in [6, 6.07) is 0. The summed E-state index contributed by atoms with van der Waals surface area (Å²) in [4.78, 5) is 6.11. The smallest absolute Gasteiger partial charge is 0.369 e. The normalized spacial score (nSPS) is 20.2. The van der Waals surface area contributed by atoms with Crippen molar-refractivity contribution in [2.75, 3.05) is 40.2 Å². The van der Waals surface area contributed by atoms with Crippen molar-refractivity contribution in [3.8, 4) is 0 Å². The van der Waals surface area contributed by atoms with Crippen LogP contribution >= 0.6 is 0 Å². The lowest BCUT2D eigenvalue weighted by molar-refractivity contribution is -0.147. The number of nitrogens with one attached hydrogen (secondary N) is 2. The molecule has 6 heterocycles. The molecule has 260 valence electrons. The number of halogens is 3. The monoisotopic (exact) mass is 661 g/mol. The van der Waals surface area contributed by atoms with Gasteiger partial charge in [0.15, 0.2) is 0 Å². The minimum Gasteiger partial charge on any atom is -0.369 e. The quantitative estimate of drug-likeness (QED) is 0.273. The molecule has 6 rings (SSSR count). The lowest BCUT2D eigenvalue weighted by Crippen LogP contribution is -2.33. The Hall–Kier alpha value is -2.78. The molecule has 0 fully saturated rings. The van der Waals surface area contributed by atoms with Crippen LogP contribution in [0.1, 0.15) is 110 Å². The number of aromatic amines is 2. The van der Waals surface area contributed by atoms with Crippen molar-refractivity contribution in [3.63, 3.8) is 0 Å². The van der Waals surface area contributed by atoms with Crippen LogP contribution in [-0.2, 0) is 55.2 Å². The molecule has 47 heavy (non-hydrogen) atoms. The minimum absolute atomic E-state index is 0.0883. The van der Waals surface area contributed by atoms with Crippen LogP contribution in [0.3, 0.4) is 0 Å². The molecule has 0 aliphatic carbocycles. The fourth-order valence-corrected chi connectivity index (χ4v) is 7.81. The standard InChI is InChI=1S/C33H50F3N9O2/c1-20(2)30-24-13-44(18-47-19-45-29-7-8-42(17-46-6)14-26(29)31(41-45)21(3)4)11-23(10-27(24)37-39-30)9-22(5)32-25-12-43(16-33(34,35)36)15-28(25)38-40-32/h20-23H,7-19H2,1-6H3,(H,37,39)(H,38,40). The van der Waals surface area contributed by atoms with Crippen LogP contribution in [0, 0.1) is 5.92 Å². The second-order valence-electron chi connectivity index (χ2n) is 14.4. The van der Waals surface area contributed by atoms with Crippen molar-refractivity contribution < 1.29 is 22.6 Å². The number of hydrogen-bond donors (Lipinski definition) is 2. The van der Waals surface area contributed by atoms with Crippen LogP contribution in [-0.4, -0.2) is 91.3 Å². The van der Waals surface area contributed by atoms with Crippen molar-refractivity contribution in [2.24, 2.45) is 5.92 Å². The number of nitrogens with zero attached hydrogens (tertiary/aromatic N) is 7. The van der Waals surface area contributed by atoms with E-state index in [1.165, 1.54) is 27.4 Å². The third kappa shape index (κ3) is 7.61. The molecule has 0 amide bonds. The van der Waals surface area contributed by atoms with Gasteiger partial charge in [-0.05, 0) is 30.6 Å². The molecule has 2 atom stereocenters. The van der Waals surface area contributed by atoms with E-state index in [0.717, 1.165) is 73.8 Å². The maximum absolute atomic E-state index is 13.1. The van der Waals surface area contributed by atoms with E-state index in [4.69, 9.17) is 19.7 Å². The molecule has 0 bridgehead atoms. The third-order valence-corrected chi connectivity index (χ3v) is 9.82. The Labute approximate surface area is 275 Å². The minimum atomic E-state index is -4.22. The molecule has 11 nitrogen and oxygen atoms in total. The Morgan fingerprint density at radius 2 is 1.49 bits per heavy atom. The van der Waals surface area contributed by atoms with Gasteiger partial charge in [-0.25, -0.2) is 4.68 Å². The highest BCUT2D eigenvalue weighted by atomic mass is 19.4. The molecule has 0 radical (unpaired) electrons. The Morgan fingerprint density at radius 1 is 0.809 bits per heavy atom. The Balaban J connectivity index is 1.15. The summed E-state index contributed by atoms with van der Waals surface area (Å²) in [5.74, 6) is 0.984. The zero-order chi connectivity index (χ0) is 33.5. The first-order valence-electron chi connectivity index (χ1n) is 16.9. The molecule has 0 saturated carbocycles. The van der Waals surface area contributed by atoms with Crippen molar-refractivity contribution >= 4 is 0 Å². The molecule has 14 heteroatoms. The zero-order valence-corrected chi connectivity index (χ0v) is 28.6. The molecular weight excluding hydrogens is 611 g/mol. The van der Waals surface area contributed by atoms with Crippen molar-refractivity contribution in [1.29, 1.82) is 0 Å². The summed E-state index contributed by atoms with van der Waals surface area (Å²) < 4.78 is 53.1. The SMILES string of the molecule is COCN1CCc2c(c(C(C)C)nn2COCN2Cc3c(C(C)C)n[nH]c3CC(CC(C)c3n[nH]c4c3CN(CC(F)(F)F)C4)C2)C1. The molecule has 2 N–H and O–H groups in total. The summed E-state index contributed by atoms with van der Waals surface area (Å²) >= 11 is 0. The molecule has 0 saturated heterocycles. The van der Waals surface area contributed by atoms with E-state index in [9.17, 15) is 13.2 Å². The largest absolute Gasteiger partial charge is 0.401 e. The summed E-state index contributed by atoms with van der Waals surface area (Å²) in [5, 5.41) is 20.7. The van der Waals surface area contributed by atoms with Crippen LogP contribution in [0.2, 0.25) is 0 Å². The lowest BCUT2D eigenvalue weighted by atomic mass is 9.88. The summed E-state index contributed by atoms with van der Waals surface area (Å²) in [6.45, 7) is 15.3. The summed E-state index contributed by atoms with van der Waals surface area (Å²) in [6.07, 6.45) is -1.60. The van der Waals surface area contributed by atoms with E-state index in [2.05, 4.69) is 64.4 Å². The topological polar surface area (TPSA) is 103 Å². The van der Waals surface area contributed by atoms with E-state index in [-0.39, 0.29) is 24.9 Å². The maximum Gasteiger partial charge on any atom is 0.401 e. The lowest BCUT2D eigenvalue weighted by Gasteiger charge is -2.28. The highest BCUT2D eigenvalue weighted by molar-refractivity contribution is 5.33. The van der Waals surface area contributed by atoms with Gasteiger partial charge in [-0.2, -0.15) is 28.5 Å². The Kier molecular flexibility index (Phi) is 10.1. The van der Waals surface area contributed by atoms with Gasteiger partial charge in [-0.15, -0.1) is 0 Å². The fourth-order valence-electron chi connectivity index (χ4n) is 7.81. The number of ether oxygens (including phenoxy) is 2. The van der Waals surface area contributed by atoms with E-state index < -0.39 is 12.7 Å². The van der Waals surface area contributed by atoms with Gasteiger partial charge in [0.05, 0.1) is 36.1 Å². The van der Waals surface area contributed by atoms with Gasteiger partial charge in [0.25, 0.3) is 0 Å². The highest BCUT2D eigenvalue weighted by Gasteiger charge is 2.36. The molecular formula is C33H50F3N9O2. The first-order valence-corrected chi connectivity index (χ1v) is 16.9. The average molecular weight is 662 g/mol. The second-order valence-corrected chi connectivity index (χ2v) is 14.4.